The van der Waals surface area contributed by atoms with Crippen molar-refractivity contribution < 1.29 is 17.5 Å². The molecule has 1 N–H and O–H groups in total. The highest BCUT2D eigenvalue weighted by Gasteiger charge is 2.29. The van der Waals surface area contributed by atoms with Gasteiger partial charge in [-0.2, -0.15) is 4.31 Å². The zero-order chi connectivity index (χ0) is 18.9. The molecule has 0 radical (unpaired) electrons. The number of morpholine rings is 1. The van der Waals surface area contributed by atoms with Gasteiger partial charge in [-0.3, -0.25) is 0 Å². The largest absolute Gasteiger partial charge is 0.381 e. The lowest BCUT2D eigenvalue weighted by Gasteiger charge is -2.26. The fourth-order valence-corrected chi connectivity index (χ4v) is 4.92. The number of halogens is 1. The molecule has 0 spiro atoms. The maximum Gasteiger partial charge on any atom is 0.246 e. The third-order valence-electron chi connectivity index (χ3n) is 5.07. The van der Waals surface area contributed by atoms with Gasteiger partial charge >= 0.3 is 0 Å². The second-order valence-electron chi connectivity index (χ2n) is 6.99. The van der Waals surface area contributed by atoms with Crippen LogP contribution in [-0.4, -0.2) is 39.0 Å². The minimum absolute atomic E-state index is 0.244. The van der Waals surface area contributed by atoms with Gasteiger partial charge in [-0.05, 0) is 48.1 Å². The number of anilines is 1. The standard InChI is InChI=1S/C20H23FN2O3S/c21-19-8-7-17(13-20(19)27(24,25)23-9-11-26-12-10-23)22-14-16-3-1-2-4-18(16)15-5-6-15/h1-4,7-8,13,15,22H,5-6,9-12,14H2. The molecule has 1 aliphatic heterocycles. The topological polar surface area (TPSA) is 58.6 Å². The molecule has 0 aromatic heterocycles. The van der Waals surface area contributed by atoms with Crippen LogP contribution in [0.1, 0.15) is 29.9 Å². The zero-order valence-corrected chi connectivity index (χ0v) is 15.8. The molecule has 1 saturated carbocycles. The molecule has 7 heteroatoms. The Balaban J connectivity index is 1.54. The van der Waals surface area contributed by atoms with Gasteiger partial charge in [0.1, 0.15) is 10.7 Å². The summed E-state index contributed by atoms with van der Waals surface area (Å²) in [6.45, 7) is 1.73. The van der Waals surface area contributed by atoms with Crippen molar-refractivity contribution >= 4 is 15.7 Å². The average Bonchev–Trinajstić information content (AvgIpc) is 3.53. The Kier molecular flexibility index (Phi) is 5.16. The summed E-state index contributed by atoms with van der Waals surface area (Å²) in [5.74, 6) is -0.0982. The number of hydrogen-bond donors (Lipinski definition) is 1. The lowest BCUT2D eigenvalue weighted by Crippen LogP contribution is -2.40. The van der Waals surface area contributed by atoms with Gasteiger partial charge in [0.25, 0.3) is 0 Å². The number of rotatable bonds is 6. The molecule has 2 aromatic rings. The molecule has 0 bridgehead atoms. The van der Waals surface area contributed by atoms with E-state index in [1.807, 2.05) is 12.1 Å². The Morgan fingerprint density at radius 1 is 1.11 bits per heavy atom. The van der Waals surface area contributed by atoms with Crippen molar-refractivity contribution in [1.82, 2.24) is 4.31 Å². The number of benzene rings is 2. The van der Waals surface area contributed by atoms with E-state index >= 15 is 0 Å². The molecule has 4 rings (SSSR count). The van der Waals surface area contributed by atoms with Crippen molar-refractivity contribution in [2.75, 3.05) is 31.6 Å². The summed E-state index contributed by atoms with van der Waals surface area (Å²) < 4.78 is 46.3. The molecule has 0 atom stereocenters. The van der Waals surface area contributed by atoms with Crippen molar-refractivity contribution in [2.24, 2.45) is 0 Å². The van der Waals surface area contributed by atoms with E-state index in [2.05, 4.69) is 17.4 Å². The van der Waals surface area contributed by atoms with E-state index in [-0.39, 0.29) is 18.0 Å². The van der Waals surface area contributed by atoms with Crippen molar-refractivity contribution in [3.05, 3.63) is 59.4 Å². The van der Waals surface area contributed by atoms with Crippen LogP contribution >= 0.6 is 0 Å². The number of sulfonamides is 1. The first-order valence-corrected chi connectivity index (χ1v) is 10.7. The SMILES string of the molecule is O=S(=O)(c1cc(NCc2ccccc2C2CC2)ccc1F)N1CCOCC1. The third-order valence-corrected chi connectivity index (χ3v) is 6.99. The van der Waals surface area contributed by atoms with Crippen LogP contribution in [0.2, 0.25) is 0 Å². The fraction of sp³-hybridized carbons (Fsp3) is 0.400. The molecule has 5 nitrogen and oxygen atoms in total. The summed E-state index contributed by atoms with van der Waals surface area (Å²) in [4.78, 5) is -0.287. The van der Waals surface area contributed by atoms with Crippen LogP contribution in [0.3, 0.4) is 0 Å². The van der Waals surface area contributed by atoms with E-state index in [9.17, 15) is 12.8 Å². The zero-order valence-electron chi connectivity index (χ0n) is 15.0. The minimum Gasteiger partial charge on any atom is -0.381 e. The Morgan fingerprint density at radius 2 is 1.85 bits per heavy atom. The van der Waals surface area contributed by atoms with E-state index in [0.29, 0.717) is 31.4 Å². The van der Waals surface area contributed by atoms with Crippen LogP contribution in [0.15, 0.2) is 47.4 Å². The highest BCUT2D eigenvalue weighted by atomic mass is 32.2. The summed E-state index contributed by atoms with van der Waals surface area (Å²) in [7, 11) is -3.87. The van der Waals surface area contributed by atoms with Crippen LogP contribution < -0.4 is 5.32 Å². The molecule has 1 saturated heterocycles. The predicted octanol–water partition coefficient (Wildman–Crippen LogP) is 3.34. The maximum atomic E-state index is 14.3. The first-order chi connectivity index (χ1) is 13.1. The number of nitrogens with one attached hydrogen (secondary N) is 1. The first-order valence-electron chi connectivity index (χ1n) is 9.25. The monoisotopic (exact) mass is 390 g/mol. The molecule has 144 valence electrons. The summed E-state index contributed by atoms with van der Waals surface area (Å²) in [5.41, 5.74) is 3.13. The molecular weight excluding hydrogens is 367 g/mol. The summed E-state index contributed by atoms with van der Waals surface area (Å²) in [5, 5.41) is 3.25. The molecule has 2 aliphatic rings. The van der Waals surface area contributed by atoms with E-state index in [1.165, 1.54) is 40.4 Å². The Morgan fingerprint density at radius 3 is 2.59 bits per heavy atom. The van der Waals surface area contributed by atoms with Gasteiger partial charge in [-0.15, -0.1) is 0 Å². The highest BCUT2D eigenvalue weighted by Crippen LogP contribution is 2.41. The van der Waals surface area contributed by atoms with E-state index < -0.39 is 15.8 Å². The first kappa shape index (κ1) is 18.4. The average molecular weight is 390 g/mol. The maximum absolute atomic E-state index is 14.3. The molecule has 2 aromatic carbocycles. The molecule has 2 fully saturated rings. The number of nitrogens with zero attached hydrogens (tertiary/aromatic N) is 1. The lowest BCUT2D eigenvalue weighted by atomic mass is 10.0. The number of hydrogen-bond acceptors (Lipinski definition) is 4. The van der Waals surface area contributed by atoms with E-state index in [0.717, 1.165) is 0 Å². The number of ether oxygens (including phenoxy) is 1. The molecule has 1 aliphatic carbocycles. The van der Waals surface area contributed by atoms with Gasteiger partial charge in [0, 0.05) is 25.3 Å². The van der Waals surface area contributed by atoms with Gasteiger partial charge < -0.3 is 10.1 Å². The Hall–Kier alpha value is -1.96. The van der Waals surface area contributed by atoms with Crippen molar-refractivity contribution in [2.45, 2.75) is 30.2 Å². The van der Waals surface area contributed by atoms with Crippen LogP contribution in [-0.2, 0) is 21.3 Å². The minimum atomic E-state index is -3.87. The van der Waals surface area contributed by atoms with Gasteiger partial charge in [-0.1, -0.05) is 24.3 Å². The Labute approximate surface area is 159 Å². The molecule has 27 heavy (non-hydrogen) atoms. The van der Waals surface area contributed by atoms with Gasteiger partial charge in [0.15, 0.2) is 0 Å². The van der Waals surface area contributed by atoms with Crippen LogP contribution in [0, 0.1) is 5.82 Å². The van der Waals surface area contributed by atoms with Crippen molar-refractivity contribution in [3.8, 4) is 0 Å². The highest BCUT2D eigenvalue weighted by molar-refractivity contribution is 7.89. The molecule has 0 amide bonds. The van der Waals surface area contributed by atoms with Crippen LogP contribution in [0.5, 0.6) is 0 Å². The fourth-order valence-electron chi connectivity index (χ4n) is 3.42. The van der Waals surface area contributed by atoms with Gasteiger partial charge in [0.05, 0.1) is 13.2 Å². The normalized spacial score (nSPS) is 18.4. The third kappa shape index (κ3) is 4.00. The lowest BCUT2D eigenvalue weighted by molar-refractivity contribution is 0.0729. The predicted molar refractivity (Wildman–Crippen MR) is 102 cm³/mol. The summed E-state index contributed by atoms with van der Waals surface area (Å²) in [6.07, 6.45) is 2.44. The molecule has 1 heterocycles. The second-order valence-corrected chi connectivity index (χ2v) is 8.89. The van der Waals surface area contributed by atoms with Gasteiger partial charge in [0.2, 0.25) is 10.0 Å². The van der Waals surface area contributed by atoms with E-state index in [4.69, 9.17) is 4.74 Å². The Bertz CT molecular complexity index is 923. The molecular formula is C20H23FN2O3S. The smallest absolute Gasteiger partial charge is 0.246 e. The quantitative estimate of drug-likeness (QED) is 0.822. The van der Waals surface area contributed by atoms with Crippen LogP contribution in [0.25, 0.3) is 0 Å². The van der Waals surface area contributed by atoms with Crippen LogP contribution in [0.4, 0.5) is 10.1 Å². The van der Waals surface area contributed by atoms with Gasteiger partial charge in [-0.25, -0.2) is 12.8 Å². The van der Waals surface area contributed by atoms with Crippen molar-refractivity contribution in [1.29, 1.82) is 0 Å². The summed E-state index contributed by atoms with van der Waals surface area (Å²) in [6, 6.07) is 12.4. The van der Waals surface area contributed by atoms with Crippen molar-refractivity contribution in [3.63, 3.8) is 0 Å². The summed E-state index contributed by atoms with van der Waals surface area (Å²) >= 11 is 0. The molecule has 0 unspecified atom stereocenters. The second kappa shape index (κ2) is 7.58. The van der Waals surface area contributed by atoms with E-state index in [1.54, 1.807) is 6.07 Å².